The number of aromatic nitrogens is 1. The molecule has 3 aromatic rings. The Bertz CT molecular complexity index is 992. The summed E-state index contributed by atoms with van der Waals surface area (Å²) in [6, 6.07) is 14.0. The molecule has 0 spiro atoms. The van der Waals surface area contributed by atoms with Gasteiger partial charge >= 0.3 is 0 Å². The van der Waals surface area contributed by atoms with E-state index in [1.807, 2.05) is 19.1 Å². The second-order valence-corrected chi connectivity index (χ2v) is 6.27. The molecule has 0 aliphatic rings. The van der Waals surface area contributed by atoms with E-state index in [1.54, 1.807) is 55.9 Å². The molecule has 0 saturated carbocycles. The summed E-state index contributed by atoms with van der Waals surface area (Å²) in [4.78, 5) is 16.8. The summed E-state index contributed by atoms with van der Waals surface area (Å²) in [5.41, 5.74) is 1.95. The molecule has 7 nitrogen and oxygen atoms in total. The van der Waals surface area contributed by atoms with Gasteiger partial charge in [-0.15, -0.1) is 0 Å². The fourth-order valence-corrected chi connectivity index (χ4v) is 2.80. The first kappa shape index (κ1) is 21.0. The first-order valence-electron chi connectivity index (χ1n) is 9.46. The van der Waals surface area contributed by atoms with Gasteiger partial charge in [0.25, 0.3) is 5.91 Å². The van der Waals surface area contributed by atoms with Crippen LogP contribution in [-0.4, -0.2) is 31.7 Å². The van der Waals surface area contributed by atoms with Crippen LogP contribution < -0.4 is 24.3 Å². The molecule has 0 unspecified atom stereocenters. The van der Waals surface area contributed by atoms with Crippen molar-refractivity contribution in [2.45, 2.75) is 13.5 Å². The lowest BCUT2D eigenvalue weighted by Crippen LogP contribution is -2.12. The zero-order valence-electron chi connectivity index (χ0n) is 17.2. The molecule has 1 amide bonds. The largest absolute Gasteiger partial charge is 0.493 e. The zero-order valence-corrected chi connectivity index (χ0v) is 17.2. The van der Waals surface area contributed by atoms with Gasteiger partial charge in [0, 0.05) is 35.3 Å². The number of pyridine rings is 1. The molecular weight excluding hydrogens is 384 g/mol. The van der Waals surface area contributed by atoms with E-state index in [0.717, 1.165) is 5.56 Å². The molecule has 0 aliphatic carbocycles. The maximum absolute atomic E-state index is 12.7. The summed E-state index contributed by atoms with van der Waals surface area (Å²) in [5, 5.41) is 2.87. The number of hydrogen-bond acceptors (Lipinski definition) is 6. The van der Waals surface area contributed by atoms with Crippen LogP contribution in [0.15, 0.2) is 60.9 Å². The highest BCUT2D eigenvalue weighted by Crippen LogP contribution is 2.32. The molecule has 30 heavy (non-hydrogen) atoms. The average Bonchev–Trinajstić information content (AvgIpc) is 2.79. The van der Waals surface area contributed by atoms with Gasteiger partial charge in [0.15, 0.2) is 23.0 Å². The second kappa shape index (κ2) is 10.2. The Labute approximate surface area is 175 Å². The molecule has 1 heterocycles. The lowest BCUT2D eigenvalue weighted by atomic mass is 10.1. The predicted octanol–water partition coefficient (Wildman–Crippen LogP) is 4.33. The molecule has 0 saturated heterocycles. The van der Waals surface area contributed by atoms with Crippen LogP contribution in [0.4, 0.5) is 5.69 Å². The fraction of sp³-hybridized carbons (Fsp3) is 0.217. The first-order chi connectivity index (χ1) is 14.6. The molecule has 0 radical (unpaired) electrons. The van der Waals surface area contributed by atoms with E-state index in [2.05, 4.69) is 10.3 Å². The number of rotatable bonds is 9. The van der Waals surface area contributed by atoms with Crippen LogP contribution in [-0.2, 0) is 6.61 Å². The minimum absolute atomic E-state index is 0.278. The number of carbonyl (C=O) groups is 1. The van der Waals surface area contributed by atoms with Crippen molar-refractivity contribution in [1.82, 2.24) is 4.98 Å². The molecule has 1 N–H and O–H groups in total. The molecular formula is C23H24N2O5. The number of methoxy groups -OCH3 is 2. The summed E-state index contributed by atoms with van der Waals surface area (Å²) >= 11 is 0. The SMILES string of the molecule is CCOc1ccc(C(=O)Nc2ccc(OC)c(OCc3cccnc3)c2)cc1OC. The Hall–Kier alpha value is -3.74. The second-order valence-electron chi connectivity index (χ2n) is 6.27. The van der Waals surface area contributed by atoms with Gasteiger partial charge in [-0.25, -0.2) is 0 Å². The Morgan fingerprint density at radius 2 is 1.73 bits per heavy atom. The van der Waals surface area contributed by atoms with Crippen LogP contribution in [0, 0.1) is 0 Å². The average molecular weight is 408 g/mol. The van der Waals surface area contributed by atoms with Gasteiger partial charge in [0.05, 0.1) is 20.8 Å². The van der Waals surface area contributed by atoms with Crippen molar-refractivity contribution < 1.29 is 23.7 Å². The van der Waals surface area contributed by atoms with Crippen LogP contribution in [0.2, 0.25) is 0 Å². The number of amides is 1. The normalized spacial score (nSPS) is 10.2. The number of carbonyl (C=O) groups excluding carboxylic acids is 1. The number of nitrogens with one attached hydrogen (secondary N) is 1. The van der Waals surface area contributed by atoms with Crippen LogP contribution in [0.25, 0.3) is 0 Å². The predicted molar refractivity (Wildman–Crippen MR) is 114 cm³/mol. The third kappa shape index (κ3) is 5.20. The lowest BCUT2D eigenvalue weighted by Gasteiger charge is -2.14. The molecule has 1 aromatic heterocycles. The number of hydrogen-bond donors (Lipinski definition) is 1. The highest BCUT2D eigenvalue weighted by molar-refractivity contribution is 6.04. The van der Waals surface area contributed by atoms with Gasteiger partial charge in [-0.05, 0) is 43.3 Å². The van der Waals surface area contributed by atoms with E-state index in [0.29, 0.717) is 47.5 Å². The van der Waals surface area contributed by atoms with Crippen molar-refractivity contribution in [2.75, 3.05) is 26.1 Å². The molecule has 2 aromatic carbocycles. The summed E-state index contributed by atoms with van der Waals surface area (Å²) in [6.45, 7) is 2.73. The zero-order chi connectivity index (χ0) is 21.3. The van der Waals surface area contributed by atoms with Gasteiger partial charge in [-0.1, -0.05) is 6.07 Å². The van der Waals surface area contributed by atoms with Gasteiger partial charge in [0.1, 0.15) is 6.61 Å². The van der Waals surface area contributed by atoms with Crippen molar-refractivity contribution in [3.63, 3.8) is 0 Å². The van der Waals surface area contributed by atoms with E-state index in [4.69, 9.17) is 18.9 Å². The molecule has 3 rings (SSSR count). The quantitative estimate of drug-likeness (QED) is 0.568. The number of anilines is 1. The van der Waals surface area contributed by atoms with Crippen LogP contribution in [0.5, 0.6) is 23.0 Å². The number of benzene rings is 2. The van der Waals surface area contributed by atoms with E-state index in [-0.39, 0.29) is 5.91 Å². The molecule has 0 atom stereocenters. The molecule has 156 valence electrons. The van der Waals surface area contributed by atoms with Crippen molar-refractivity contribution in [3.8, 4) is 23.0 Å². The minimum atomic E-state index is -0.278. The maximum Gasteiger partial charge on any atom is 0.255 e. The van der Waals surface area contributed by atoms with E-state index in [1.165, 1.54) is 7.11 Å². The fourth-order valence-electron chi connectivity index (χ4n) is 2.80. The summed E-state index contributed by atoms with van der Waals surface area (Å²) in [5.74, 6) is 1.90. The third-order valence-electron chi connectivity index (χ3n) is 4.26. The van der Waals surface area contributed by atoms with Crippen molar-refractivity contribution in [3.05, 3.63) is 72.1 Å². The van der Waals surface area contributed by atoms with Gasteiger partial charge in [-0.3, -0.25) is 9.78 Å². The highest BCUT2D eigenvalue weighted by Gasteiger charge is 2.13. The summed E-state index contributed by atoms with van der Waals surface area (Å²) in [6.07, 6.45) is 3.44. The number of nitrogens with zero attached hydrogens (tertiary/aromatic N) is 1. The molecule has 0 bridgehead atoms. The summed E-state index contributed by atoms with van der Waals surface area (Å²) in [7, 11) is 3.10. The van der Waals surface area contributed by atoms with E-state index < -0.39 is 0 Å². The highest BCUT2D eigenvalue weighted by atomic mass is 16.5. The van der Waals surface area contributed by atoms with Gasteiger partial charge < -0.3 is 24.3 Å². The van der Waals surface area contributed by atoms with Gasteiger partial charge in [0.2, 0.25) is 0 Å². The van der Waals surface area contributed by atoms with Crippen LogP contribution in [0.1, 0.15) is 22.8 Å². The van der Waals surface area contributed by atoms with Crippen molar-refractivity contribution in [2.24, 2.45) is 0 Å². The standard InChI is InChI=1S/C23H24N2O5/c1-4-29-20-9-7-17(12-21(20)28-3)23(26)25-18-8-10-19(27-2)22(13-18)30-15-16-6-5-11-24-14-16/h5-14H,4,15H2,1-3H3,(H,25,26). The Morgan fingerprint density at radius 1 is 0.933 bits per heavy atom. The molecule has 7 heteroatoms. The van der Waals surface area contributed by atoms with E-state index in [9.17, 15) is 4.79 Å². The lowest BCUT2D eigenvalue weighted by molar-refractivity contribution is 0.102. The molecule has 0 aliphatic heterocycles. The Morgan fingerprint density at radius 3 is 2.43 bits per heavy atom. The van der Waals surface area contributed by atoms with Crippen molar-refractivity contribution in [1.29, 1.82) is 0 Å². The smallest absolute Gasteiger partial charge is 0.255 e. The van der Waals surface area contributed by atoms with Crippen LogP contribution in [0.3, 0.4) is 0 Å². The minimum Gasteiger partial charge on any atom is -0.493 e. The van der Waals surface area contributed by atoms with Crippen molar-refractivity contribution >= 4 is 11.6 Å². The maximum atomic E-state index is 12.7. The monoisotopic (exact) mass is 408 g/mol. The Balaban J connectivity index is 1.75. The topological polar surface area (TPSA) is 78.9 Å². The van der Waals surface area contributed by atoms with Gasteiger partial charge in [-0.2, -0.15) is 0 Å². The third-order valence-corrected chi connectivity index (χ3v) is 4.26. The Kier molecular flexibility index (Phi) is 7.10. The summed E-state index contributed by atoms with van der Waals surface area (Å²) < 4.78 is 22.0. The van der Waals surface area contributed by atoms with E-state index >= 15 is 0 Å². The molecule has 0 fully saturated rings. The first-order valence-corrected chi connectivity index (χ1v) is 9.46. The van der Waals surface area contributed by atoms with Crippen LogP contribution >= 0.6 is 0 Å². The number of ether oxygens (including phenoxy) is 4.